The molecule has 3 heteroatoms. The van der Waals surface area contributed by atoms with E-state index in [2.05, 4.69) is 0 Å². The summed E-state index contributed by atoms with van der Waals surface area (Å²) >= 11 is 0. The molecule has 7 heavy (non-hydrogen) atoms. The van der Waals surface area contributed by atoms with Gasteiger partial charge in [-0.3, -0.25) is 0 Å². The molecule has 0 aliphatic carbocycles. The zero-order valence-electron chi connectivity index (χ0n) is 4.26. The smallest absolute Gasteiger partial charge is 0.119 e. The highest BCUT2D eigenvalue weighted by Crippen LogP contribution is 1.84. The standard InChI is InChI=1S/C4H10N2O/c1-2-3(7)4(5)6/h2,4,7H,5-6H2,1H3. The molecular formula is C4H10N2O. The zero-order valence-corrected chi connectivity index (χ0v) is 4.26. The molecule has 0 rings (SSSR count). The van der Waals surface area contributed by atoms with Crippen LogP contribution in [0.5, 0.6) is 0 Å². The summed E-state index contributed by atoms with van der Waals surface area (Å²) < 4.78 is 0. The fourth-order valence-electron chi connectivity index (χ4n) is 0.192. The number of aliphatic hydroxyl groups excluding tert-OH is 1. The minimum absolute atomic E-state index is 0.0278. The van der Waals surface area contributed by atoms with E-state index in [0.717, 1.165) is 0 Å². The van der Waals surface area contributed by atoms with E-state index in [1.165, 1.54) is 6.08 Å². The normalized spacial score (nSPS) is 12.9. The third-order valence-electron chi connectivity index (χ3n) is 0.637. The average Bonchev–Trinajstić information content (AvgIpc) is 1.65. The molecule has 0 aromatic carbocycles. The number of rotatable bonds is 1. The van der Waals surface area contributed by atoms with Crippen molar-refractivity contribution in [2.75, 3.05) is 0 Å². The summed E-state index contributed by atoms with van der Waals surface area (Å²) in [5.74, 6) is 0.0278. The summed E-state index contributed by atoms with van der Waals surface area (Å²) in [6.07, 6.45) is 0.745. The summed E-state index contributed by atoms with van der Waals surface area (Å²) in [6.45, 7) is 1.67. The van der Waals surface area contributed by atoms with Gasteiger partial charge >= 0.3 is 0 Å². The maximum absolute atomic E-state index is 8.55. The monoisotopic (exact) mass is 102 g/mol. The number of aliphatic hydroxyl groups is 1. The van der Waals surface area contributed by atoms with Crippen LogP contribution in [-0.2, 0) is 0 Å². The summed E-state index contributed by atoms with van der Waals surface area (Å²) in [5, 5.41) is 8.55. The summed E-state index contributed by atoms with van der Waals surface area (Å²) in [6, 6.07) is 0. The van der Waals surface area contributed by atoms with Gasteiger partial charge in [-0.1, -0.05) is 0 Å². The Bertz CT molecular complexity index is 77.8. The molecule has 0 aliphatic heterocycles. The molecule has 0 aromatic heterocycles. The Morgan fingerprint density at radius 2 is 2.14 bits per heavy atom. The maximum atomic E-state index is 8.55. The number of nitrogens with two attached hydrogens (primary N) is 2. The molecule has 0 spiro atoms. The van der Waals surface area contributed by atoms with Gasteiger partial charge in [-0.25, -0.2) is 0 Å². The van der Waals surface area contributed by atoms with E-state index in [1.54, 1.807) is 6.92 Å². The largest absolute Gasteiger partial charge is 0.510 e. The van der Waals surface area contributed by atoms with Crippen LogP contribution in [0.3, 0.4) is 0 Å². The lowest BCUT2D eigenvalue weighted by atomic mass is 10.4. The average molecular weight is 102 g/mol. The lowest BCUT2D eigenvalue weighted by molar-refractivity contribution is 0.368. The van der Waals surface area contributed by atoms with Gasteiger partial charge in [0.15, 0.2) is 0 Å². The van der Waals surface area contributed by atoms with Crippen LogP contribution in [0, 0.1) is 0 Å². The third kappa shape index (κ3) is 2.19. The minimum Gasteiger partial charge on any atom is -0.510 e. The van der Waals surface area contributed by atoms with Crippen LogP contribution in [-0.4, -0.2) is 11.3 Å². The van der Waals surface area contributed by atoms with Gasteiger partial charge in [0.05, 0.1) is 0 Å². The molecule has 0 saturated carbocycles. The molecule has 3 nitrogen and oxygen atoms in total. The molecule has 0 aromatic rings. The topological polar surface area (TPSA) is 72.3 Å². The molecule has 0 amide bonds. The second kappa shape index (κ2) is 2.60. The molecule has 0 saturated heterocycles. The number of hydrogen-bond acceptors (Lipinski definition) is 3. The van der Waals surface area contributed by atoms with Gasteiger partial charge in [0.2, 0.25) is 0 Å². The van der Waals surface area contributed by atoms with Crippen LogP contribution in [0.2, 0.25) is 0 Å². The van der Waals surface area contributed by atoms with Crippen molar-refractivity contribution in [3.8, 4) is 0 Å². The van der Waals surface area contributed by atoms with Crippen molar-refractivity contribution >= 4 is 0 Å². The first-order valence-corrected chi connectivity index (χ1v) is 2.04. The Kier molecular flexibility index (Phi) is 2.40. The fraction of sp³-hybridized carbons (Fsp3) is 0.500. The van der Waals surface area contributed by atoms with Crippen LogP contribution >= 0.6 is 0 Å². The predicted octanol–water partition coefficient (Wildman–Crippen LogP) is -0.308. The molecule has 0 aliphatic rings. The Labute approximate surface area is 42.6 Å². The molecule has 5 N–H and O–H groups in total. The second-order valence-electron chi connectivity index (χ2n) is 1.24. The van der Waals surface area contributed by atoms with E-state index < -0.39 is 6.17 Å². The maximum Gasteiger partial charge on any atom is 0.119 e. The van der Waals surface area contributed by atoms with Crippen molar-refractivity contribution < 1.29 is 5.11 Å². The highest BCUT2D eigenvalue weighted by molar-refractivity contribution is 4.94. The lowest BCUT2D eigenvalue weighted by Crippen LogP contribution is -2.32. The van der Waals surface area contributed by atoms with Gasteiger partial charge < -0.3 is 16.6 Å². The van der Waals surface area contributed by atoms with Crippen LogP contribution in [0.25, 0.3) is 0 Å². The highest BCUT2D eigenvalue weighted by Gasteiger charge is 1.94. The van der Waals surface area contributed by atoms with Crippen molar-refractivity contribution in [3.63, 3.8) is 0 Å². The van der Waals surface area contributed by atoms with E-state index in [9.17, 15) is 0 Å². The van der Waals surface area contributed by atoms with Crippen LogP contribution in [0.1, 0.15) is 6.92 Å². The van der Waals surface area contributed by atoms with Crippen molar-refractivity contribution in [2.24, 2.45) is 11.5 Å². The molecule has 0 bridgehead atoms. The molecule has 0 radical (unpaired) electrons. The Morgan fingerprint density at radius 1 is 1.71 bits per heavy atom. The van der Waals surface area contributed by atoms with Crippen molar-refractivity contribution in [1.29, 1.82) is 0 Å². The van der Waals surface area contributed by atoms with Crippen molar-refractivity contribution in [2.45, 2.75) is 13.1 Å². The second-order valence-corrected chi connectivity index (χ2v) is 1.24. The molecule has 0 atom stereocenters. The number of allylic oxidation sites excluding steroid dienone is 1. The molecular weight excluding hydrogens is 92.1 g/mol. The van der Waals surface area contributed by atoms with Gasteiger partial charge in [-0.05, 0) is 13.0 Å². The molecule has 42 valence electrons. The van der Waals surface area contributed by atoms with Crippen LogP contribution < -0.4 is 11.5 Å². The van der Waals surface area contributed by atoms with Crippen molar-refractivity contribution in [1.82, 2.24) is 0 Å². The summed E-state index contributed by atoms with van der Waals surface area (Å²) in [4.78, 5) is 0. The Morgan fingerprint density at radius 3 is 2.14 bits per heavy atom. The first-order chi connectivity index (χ1) is 3.18. The molecule has 0 unspecified atom stereocenters. The van der Waals surface area contributed by atoms with E-state index in [-0.39, 0.29) is 5.76 Å². The van der Waals surface area contributed by atoms with E-state index in [4.69, 9.17) is 16.6 Å². The molecule has 0 fully saturated rings. The Hall–Kier alpha value is -0.540. The molecule has 0 heterocycles. The van der Waals surface area contributed by atoms with Crippen LogP contribution in [0.15, 0.2) is 11.8 Å². The predicted molar refractivity (Wildman–Crippen MR) is 28.5 cm³/mol. The number of hydrogen-bond donors (Lipinski definition) is 3. The zero-order chi connectivity index (χ0) is 5.86. The quantitative estimate of drug-likeness (QED) is 0.314. The van der Waals surface area contributed by atoms with Gasteiger partial charge in [-0.2, -0.15) is 0 Å². The summed E-state index contributed by atoms with van der Waals surface area (Å²) in [5.41, 5.74) is 10.0. The van der Waals surface area contributed by atoms with Crippen molar-refractivity contribution in [3.05, 3.63) is 11.8 Å². The van der Waals surface area contributed by atoms with Crippen LogP contribution in [0.4, 0.5) is 0 Å². The fourth-order valence-corrected chi connectivity index (χ4v) is 0.192. The third-order valence-corrected chi connectivity index (χ3v) is 0.637. The highest BCUT2D eigenvalue weighted by atomic mass is 16.3. The Balaban J connectivity index is 3.56. The van der Waals surface area contributed by atoms with Gasteiger partial charge in [0.1, 0.15) is 11.9 Å². The van der Waals surface area contributed by atoms with Gasteiger partial charge in [-0.15, -0.1) is 0 Å². The first-order valence-electron chi connectivity index (χ1n) is 2.04. The minimum atomic E-state index is -0.718. The SMILES string of the molecule is CC=C(O)C(N)N. The van der Waals surface area contributed by atoms with Gasteiger partial charge in [0, 0.05) is 0 Å². The van der Waals surface area contributed by atoms with E-state index in [0.29, 0.717) is 0 Å². The van der Waals surface area contributed by atoms with E-state index in [1.807, 2.05) is 0 Å². The summed E-state index contributed by atoms with van der Waals surface area (Å²) in [7, 11) is 0. The van der Waals surface area contributed by atoms with E-state index >= 15 is 0 Å². The first kappa shape index (κ1) is 6.46. The van der Waals surface area contributed by atoms with Gasteiger partial charge in [0.25, 0.3) is 0 Å². The lowest BCUT2D eigenvalue weighted by Gasteiger charge is -1.99.